The highest BCUT2D eigenvalue weighted by molar-refractivity contribution is 6.58. The second kappa shape index (κ2) is 28.9. The van der Waals surface area contributed by atoms with Gasteiger partial charge < -0.3 is 39.2 Å². The van der Waals surface area contributed by atoms with E-state index in [9.17, 15) is 19.6 Å². The van der Waals surface area contributed by atoms with Crippen molar-refractivity contribution in [3.05, 3.63) is 193 Å². The van der Waals surface area contributed by atoms with Crippen LogP contribution in [0.3, 0.4) is 0 Å². The van der Waals surface area contributed by atoms with E-state index >= 15 is 0 Å². The minimum Gasteiger partial charge on any atom is -0.486 e. The summed E-state index contributed by atoms with van der Waals surface area (Å²) in [6.07, 6.45) is 3.50. The first-order chi connectivity index (χ1) is 34.4. The molecule has 0 unspecified atom stereocenters. The minimum atomic E-state index is -1.64. The lowest BCUT2D eigenvalue weighted by Crippen LogP contribution is -2.32. The molecule has 0 saturated carbocycles. The summed E-state index contributed by atoms with van der Waals surface area (Å²) in [6.45, 7) is 10.9. The number of carbonyl (C=O) groups excluding carboxylic acids is 2. The lowest BCUT2D eigenvalue weighted by Gasteiger charge is -2.11. The van der Waals surface area contributed by atoms with Crippen molar-refractivity contribution in [1.29, 1.82) is 0 Å². The molecule has 0 atom stereocenters. The molecule has 0 amide bonds. The summed E-state index contributed by atoms with van der Waals surface area (Å²) >= 11 is 0. The van der Waals surface area contributed by atoms with Gasteiger partial charge in [0.25, 0.3) is 0 Å². The maximum atomic E-state index is 11.3. The van der Waals surface area contributed by atoms with Crippen molar-refractivity contribution in [2.24, 2.45) is 21.1 Å². The topological polar surface area (TPSA) is 180 Å². The number of ether oxygens (including phenoxy) is 4. The molecule has 8 rings (SSSR count). The molecule has 376 valence electrons. The van der Waals surface area contributed by atoms with Gasteiger partial charge in [-0.1, -0.05) is 91.0 Å². The zero-order chi connectivity index (χ0) is 52.6. The van der Waals surface area contributed by atoms with Crippen LogP contribution in [-0.2, 0) is 30.7 Å². The van der Waals surface area contributed by atoms with Gasteiger partial charge >= 0.3 is 7.12 Å². The SMILES string of the molecule is CC(=O)/C(=C\N(C)C)Nc1ccccc1.CC(=O)COc1ccccc1.Cc1c(Oc2ccccc2)c(B(O)O)nn1C.Cc1c(Oc2ccccc2)cnn1C.Cc1nn(C)c(C)c1Oc1ccccc1. The second-order valence-electron chi connectivity index (χ2n) is 16.2. The molecule has 0 saturated heterocycles. The molecule has 17 heteroatoms. The summed E-state index contributed by atoms with van der Waals surface area (Å²) < 4.78 is 27.3. The van der Waals surface area contributed by atoms with Crippen LogP contribution in [-0.4, -0.2) is 83.7 Å². The van der Waals surface area contributed by atoms with Gasteiger partial charge in [-0.25, -0.2) is 0 Å². The Kier molecular flexibility index (Phi) is 22.6. The number of aromatic nitrogens is 6. The van der Waals surface area contributed by atoms with Crippen LogP contribution in [0.2, 0.25) is 0 Å². The predicted octanol–water partition coefficient (Wildman–Crippen LogP) is 9.30. The predicted molar refractivity (Wildman–Crippen MR) is 283 cm³/mol. The van der Waals surface area contributed by atoms with E-state index < -0.39 is 7.12 Å². The van der Waals surface area contributed by atoms with Crippen LogP contribution in [0.1, 0.15) is 36.6 Å². The molecule has 0 spiro atoms. The summed E-state index contributed by atoms with van der Waals surface area (Å²) in [5, 5.41) is 33.9. The molecule has 0 fully saturated rings. The van der Waals surface area contributed by atoms with E-state index in [-0.39, 0.29) is 23.8 Å². The molecular formula is C55H65BN8O8. The molecule has 3 heterocycles. The van der Waals surface area contributed by atoms with Crippen LogP contribution >= 0.6 is 0 Å². The Morgan fingerprint density at radius 3 is 1.43 bits per heavy atom. The first-order valence-electron chi connectivity index (χ1n) is 22.9. The minimum absolute atomic E-state index is 0.0209. The van der Waals surface area contributed by atoms with E-state index in [0.29, 0.717) is 17.2 Å². The molecule has 0 aliphatic carbocycles. The Bertz CT molecular complexity index is 2890. The summed E-state index contributed by atoms with van der Waals surface area (Å²) in [5.41, 5.74) is 5.34. The van der Waals surface area contributed by atoms with Crippen molar-refractivity contribution in [2.45, 2.75) is 41.5 Å². The number of aryl methyl sites for hydroxylation is 4. The molecule has 72 heavy (non-hydrogen) atoms. The Morgan fingerprint density at radius 2 is 1.03 bits per heavy atom. The largest absolute Gasteiger partial charge is 0.514 e. The Balaban J connectivity index is 0.000000197. The zero-order valence-corrected chi connectivity index (χ0v) is 42.8. The number of carbonyl (C=O) groups is 2. The van der Waals surface area contributed by atoms with Crippen LogP contribution in [0.4, 0.5) is 5.69 Å². The number of anilines is 1. The standard InChI is InChI=1S/C12H14N2O.C12H16N2O.C11H13BN2O3.C11H12N2O.C9H10O2/c1-9-12(10(2)14(3)13-9)15-11-7-5-4-6-8-11;1-10(15)12(9-14(2)3)13-11-7-5-4-6-8-11;1-8-10(11(12(15)16)13-14(8)2)17-9-6-4-3-5-7-9;1-9-11(8-12-13(9)2)14-10-6-4-3-5-7-10;1-8(10)7-11-9-5-3-2-4-6-9/h4-8H,1-3H3;4-9,13H,1-3H3;3-7,15-16H,1-2H3;3-8H,1-2H3;2-6H,7H2,1H3/b;12-9+;;;. The van der Waals surface area contributed by atoms with Gasteiger partial charge in [0.15, 0.2) is 28.8 Å². The molecule has 8 aromatic rings. The van der Waals surface area contributed by atoms with Crippen LogP contribution in [0.25, 0.3) is 0 Å². The first kappa shape index (κ1) is 56.2. The molecule has 3 N–H and O–H groups in total. The quantitative estimate of drug-likeness (QED) is 0.0694. The van der Waals surface area contributed by atoms with Crippen LogP contribution in [0.15, 0.2) is 170 Å². The van der Waals surface area contributed by atoms with Crippen molar-refractivity contribution in [2.75, 3.05) is 26.0 Å². The van der Waals surface area contributed by atoms with E-state index in [2.05, 4.69) is 20.6 Å². The van der Waals surface area contributed by atoms with Crippen molar-refractivity contribution in [3.63, 3.8) is 0 Å². The van der Waals surface area contributed by atoms with Crippen LogP contribution < -0.4 is 29.9 Å². The summed E-state index contributed by atoms with van der Waals surface area (Å²) in [6, 6.07) is 47.5. The number of Topliss-reactive ketones (excluding diaryl/α,β-unsaturated/α-hetero) is 2. The summed E-state index contributed by atoms with van der Waals surface area (Å²) in [4.78, 5) is 23.7. The number of hydrogen-bond acceptors (Lipinski definition) is 13. The van der Waals surface area contributed by atoms with Gasteiger partial charge in [0, 0.05) is 54.0 Å². The van der Waals surface area contributed by atoms with Crippen molar-refractivity contribution in [1.82, 2.24) is 34.2 Å². The summed E-state index contributed by atoms with van der Waals surface area (Å²) in [5.74, 6) is 5.14. The van der Waals surface area contributed by atoms with Crippen LogP contribution in [0, 0.1) is 27.7 Å². The van der Waals surface area contributed by atoms with Crippen molar-refractivity contribution >= 4 is 30.0 Å². The van der Waals surface area contributed by atoms with Gasteiger partial charge in [0.05, 0.1) is 29.0 Å². The van der Waals surface area contributed by atoms with Crippen LogP contribution in [0.5, 0.6) is 40.2 Å². The normalized spacial score (nSPS) is 10.3. The zero-order valence-electron chi connectivity index (χ0n) is 42.8. The average Bonchev–Trinajstić information content (AvgIpc) is 3.94. The maximum absolute atomic E-state index is 11.3. The van der Waals surface area contributed by atoms with Gasteiger partial charge in [-0.05, 0) is 95.3 Å². The molecular weight excluding hydrogens is 911 g/mol. The first-order valence-corrected chi connectivity index (χ1v) is 22.9. The fraction of sp³-hybridized carbons (Fsp3) is 0.218. The Labute approximate surface area is 422 Å². The number of rotatable bonds is 14. The van der Waals surface area contributed by atoms with E-state index in [0.717, 1.165) is 57.2 Å². The number of benzene rings is 5. The molecule has 0 radical (unpaired) electrons. The van der Waals surface area contributed by atoms with Gasteiger partial charge in [0.1, 0.15) is 40.9 Å². The lowest BCUT2D eigenvalue weighted by molar-refractivity contribution is -0.119. The fourth-order valence-electron chi connectivity index (χ4n) is 6.07. The van der Waals surface area contributed by atoms with Gasteiger partial charge in [-0.15, -0.1) is 0 Å². The average molecular weight is 977 g/mol. The monoisotopic (exact) mass is 977 g/mol. The molecule has 16 nitrogen and oxygen atoms in total. The fourth-order valence-corrected chi connectivity index (χ4v) is 6.07. The molecule has 0 aliphatic rings. The molecule has 0 bridgehead atoms. The number of allylic oxidation sites excluding steroid dienone is 1. The highest BCUT2D eigenvalue weighted by atomic mass is 16.5. The smallest absolute Gasteiger partial charge is 0.486 e. The lowest BCUT2D eigenvalue weighted by atomic mass is 9.85. The number of para-hydroxylation sites is 5. The molecule has 0 aliphatic heterocycles. The number of nitrogens with one attached hydrogen (secondary N) is 1. The molecule has 5 aromatic carbocycles. The Hall–Kier alpha value is -8.41. The molecule has 3 aromatic heterocycles. The van der Waals surface area contributed by atoms with E-state index in [4.69, 9.17) is 18.9 Å². The van der Waals surface area contributed by atoms with Gasteiger partial charge in [0.2, 0.25) is 0 Å². The maximum Gasteiger partial charge on any atom is 0.514 e. The van der Waals surface area contributed by atoms with Gasteiger partial charge in [-0.2, -0.15) is 15.3 Å². The van der Waals surface area contributed by atoms with Crippen molar-refractivity contribution in [3.8, 4) is 40.2 Å². The summed E-state index contributed by atoms with van der Waals surface area (Å²) in [7, 11) is 7.66. The highest BCUT2D eigenvalue weighted by Gasteiger charge is 2.25. The van der Waals surface area contributed by atoms with E-state index in [1.807, 2.05) is 198 Å². The number of ketones is 2. The third-order valence-electron chi connectivity index (χ3n) is 10.1. The number of hydrogen-bond donors (Lipinski definition) is 3. The van der Waals surface area contributed by atoms with E-state index in [1.54, 1.807) is 54.8 Å². The van der Waals surface area contributed by atoms with Crippen molar-refractivity contribution < 1.29 is 38.6 Å². The third kappa shape index (κ3) is 18.8. The van der Waals surface area contributed by atoms with E-state index in [1.165, 1.54) is 6.92 Å². The van der Waals surface area contributed by atoms with Gasteiger partial charge in [-0.3, -0.25) is 23.6 Å². The third-order valence-corrected chi connectivity index (χ3v) is 10.1. The highest BCUT2D eigenvalue weighted by Crippen LogP contribution is 2.28. The number of nitrogens with zero attached hydrogens (tertiary/aromatic N) is 7. The second-order valence-corrected chi connectivity index (χ2v) is 16.2. The Morgan fingerprint density at radius 1 is 0.597 bits per heavy atom.